The molecule has 0 aliphatic heterocycles. The summed E-state index contributed by atoms with van der Waals surface area (Å²) < 4.78 is 0. The largest absolute Gasteiger partial charge is 0.356 e. The topological polar surface area (TPSA) is 29.1 Å². The smallest absolute Gasteiger partial charge is 0.225 e. The van der Waals surface area contributed by atoms with Gasteiger partial charge in [0.05, 0.1) is 0 Å². The van der Waals surface area contributed by atoms with Crippen molar-refractivity contribution in [2.24, 2.45) is 5.41 Å². The lowest BCUT2D eigenvalue weighted by atomic mass is 9.95. The summed E-state index contributed by atoms with van der Waals surface area (Å²) in [5.74, 6) is 0.121. The first kappa shape index (κ1) is 14.6. The van der Waals surface area contributed by atoms with Crippen LogP contribution in [0, 0.1) is 5.41 Å². The third-order valence-electron chi connectivity index (χ3n) is 3.47. The second kappa shape index (κ2) is 6.08. The van der Waals surface area contributed by atoms with E-state index >= 15 is 0 Å². The van der Waals surface area contributed by atoms with Gasteiger partial charge in [-0.25, -0.2) is 0 Å². The van der Waals surface area contributed by atoms with Crippen molar-refractivity contribution in [3.05, 3.63) is 48.0 Å². The van der Waals surface area contributed by atoms with Gasteiger partial charge < -0.3 is 5.32 Å². The zero-order chi connectivity index (χ0) is 14.6. The van der Waals surface area contributed by atoms with Crippen LogP contribution in [0.15, 0.2) is 42.5 Å². The third kappa shape index (κ3) is 3.60. The Morgan fingerprint density at radius 1 is 1.05 bits per heavy atom. The normalized spacial score (nSPS) is 11.6. The molecule has 106 valence electrons. The monoisotopic (exact) mass is 269 g/mol. The first-order valence-corrected chi connectivity index (χ1v) is 7.23. The Balaban J connectivity index is 1.92. The van der Waals surface area contributed by atoms with E-state index in [-0.39, 0.29) is 11.3 Å². The van der Waals surface area contributed by atoms with Crippen LogP contribution < -0.4 is 5.32 Å². The van der Waals surface area contributed by atoms with Crippen molar-refractivity contribution < 1.29 is 4.79 Å². The van der Waals surface area contributed by atoms with Gasteiger partial charge in [-0.15, -0.1) is 0 Å². The van der Waals surface area contributed by atoms with Gasteiger partial charge in [0.25, 0.3) is 0 Å². The summed E-state index contributed by atoms with van der Waals surface area (Å²) in [6.45, 7) is 6.55. The van der Waals surface area contributed by atoms with Crippen molar-refractivity contribution in [1.82, 2.24) is 5.32 Å². The lowest BCUT2D eigenvalue weighted by Crippen LogP contribution is -2.35. The molecule has 0 atom stereocenters. The van der Waals surface area contributed by atoms with E-state index in [1.165, 1.54) is 16.3 Å². The molecule has 20 heavy (non-hydrogen) atoms. The van der Waals surface area contributed by atoms with Crippen LogP contribution in [0.5, 0.6) is 0 Å². The number of benzene rings is 2. The molecule has 0 saturated carbocycles. The Hall–Kier alpha value is -1.83. The number of hydrogen-bond acceptors (Lipinski definition) is 1. The quantitative estimate of drug-likeness (QED) is 0.837. The van der Waals surface area contributed by atoms with Crippen LogP contribution in [0.3, 0.4) is 0 Å². The molecule has 0 unspecified atom stereocenters. The molecule has 0 aliphatic rings. The van der Waals surface area contributed by atoms with Crippen molar-refractivity contribution >= 4 is 16.7 Å². The van der Waals surface area contributed by atoms with Crippen LogP contribution in [0.4, 0.5) is 0 Å². The van der Waals surface area contributed by atoms with Gasteiger partial charge in [-0.3, -0.25) is 4.79 Å². The minimum Gasteiger partial charge on any atom is -0.356 e. The fourth-order valence-corrected chi connectivity index (χ4v) is 2.26. The number of aryl methyl sites for hydroxylation is 1. The summed E-state index contributed by atoms with van der Waals surface area (Å²) >= 11 is 0. The molecule has 2 aromatic carbocycles. The first-order chi connectivity index (χ1) is 9.48. The Kier molecular flexibility index (Phi) is 4.43. The van der Waals surface area contributed by atoms with Crippen molar-refractivity contribution in [2.45, 2.75) is 33.6 Å². The van der Waals surface area contributed by atoms with Gasteiger partial charge in [0.2, 0.25) is 5.91 Å². The average molecular weight is 269 g/mol. The molecule has 2 aromatic rings. The highest BCUT2D eigenvalue weighted by Gasteiger charge is 2.20. The van der Waals surface area contributed by atoms with Gasteiger partial charge in [0.15, 0.2) is 0 Å². The number of carbonyl (C=O) groups excluding carboxylic acids is 1. The molecule has 1 amide bonds. The van der Waals surface area contributed by atoms with Gasteiger partial charge in [-0.2, -0.15) is 0 Å². The van der Waals surface area contributed by atoms with E-state index in [9.17, 15) is 4.79 Å². The first-order valence-electron chi connectivity index (χ1n) is 7.23. The number of hydrogen-bond donors (Lipinski definition) is 1. The molecular formula is C18H23NO. The molecule has 0 aromatic heterocycles. The molecule has 0 aliphatic carbocycles. The predicted octanol–water partition coefficient (Wildman–Crippen LogP) is 3.93. The molecule has 2 nitrogen and oxygen atoms in total. The van der Waals surface area contributed by atoms with Crippen molar-refractivity contribution in [1.29, 1.82) is 0 Å². The molecule has 0 heterocycles. The summed E-state index contributed by atoms with van der Waals surface area (Å²) in [6.07, 6.45) is 1.96. The predicted molar refractivity (Wildman–Crippen MR) is 84.7 cm³/mol. The zero-order valence-electron chi connectivity index (χ0n) is 12.6. The van der Waals surface area contributed by atoms with Crippen LogP contribution >= 0.6 is 0 Å². The third-order valence-corrected chi connectivity index (χ3v) is 3.47. The SMILES string of the molecule is CC(C)(C)C(=O)NCCCc1cccc2ccccc12. The van der Waals surface area contributed by atoms with E-state index < -0.39 is 0 Å². The van der Waals surface area contributed by atoms with E-state index in [1.807, 2.05) is 20.8 Å². The molecule has 0 fully saturated rings. The van der Waals surface area contributed by atoms with Gasteiger partial charge in [0.1, 0.15) is 0 Å². The summed E-state index contributed by atoms with van der Waals surface area (Å²) in [6, 6.07) is 14.9. The minimum atomic E-state index is -0.306. The Labute approximate surface area is 121 Å². The second-order valence-electron chi connectivity index (χ2n) is 6.25. The lowest BCUT2D eigenvalue weighted by molar-refractivity contribution is -0.128. The number of carbonyl (C=O) groups is 1. The number of nitrogens with one attached hydrogen (secondary N) is 1. The van der Waals surface area contributed by atoms with Crippen LogP contribution in [-0.4, -0.2) is 12.5 Å². The highest BCUT2D eigenvalue weighted by atomic mass is 16.2. The average Bonchev–Trinajstić information content (AvgIpc) is 2.42. The standard InChI is InChI=1S/C18H23NO/c1-18(2,3)17(20)19-13-7-11-15-10-6-9-14-8-4-5-12-16(14)15/h4-6,8-10,12H,7,11,13H2,1-3H3,(H,19,20). The van der Waals surface area contributed by atoms with Crippen molar-refractivity contribution in [3.8, 4) is 0 Å². The van der Waals surface area contributed by atoms with Gasteiger partial charge in [-0.05, 0) is 29.2 Å². The Morgan fingerprint density at radius 2 is 1.75 bits per heavy atom. The maximum Gasteiger partial charge on any atom is 0.225 e. The van der Waals surface area contributed by atoms with Crippen molar-refractivity contribution in [3.63, 3.8) is 0 Å². The van der Waals surface area contributed by atoms with Crippen molar-refractivity contribution in [2.75, 3.05) is 6.54 Å². The van der Waals surface area contributed by atoms with Crippen LogP contribution in [-0.2, 0) is 11.2 Å². The number of fused-ring (bicyclic) bond motifs is 1. The zero-order valence-corrected chi connectivity index (χ0v) is 12.6. The summed E-state index contributed by atoms with van der Waals surface area (Å²) in [5.41, 5.74) is 1.05. The lowest BCUT2D eigenvalue weighted by Gasteiger charge is -2.17. The Bertz CT molecular complexity index is 590. The van der Waals surface area contributed by atoms with Gasteiger partial charge >= 0.3 is 0 Å². The molecule has 2 rings (SSSR count). The molecule has 2 heteroatoms. The highest BCUT2D eigenvalue weighted by molar-refractivity contribution is 5.85. The van der Waals surface area contributed by atoms with E-state index in [4.69, 9.17) is 0 Å². The molecule has 0 radical (unpaired) electrons. The van der Waals surface area contributed by atoms with Gasteiger partial charge in [0, 0.05) is 12.0 Å². The highest BCUT2D eigenvalue weighted by Crippen LogP contribution is 2.19. The number of rotatable bonds is 4. The minimum absolute atomic E-state index is 0.121. The summed E-state index contributed by atoms with van der Waals surface area (Å²) in [5, 5.41) is 5.60. The van der Waals surface area contributed by atoms with Crippen LogP contribution in [0.1, 0.15) is 32.8 Å². The Morgan fingerprint density at radius 3 is 2.50 bits per heavy atom. The summed E-state index contributed by atoms with van der Waals surface area (Å²) in [4.78, 5) is 11.8. The van der Waals surface area contributed by atoms with E-state index in [0.29, 0.717) is 0 Å². The van der Waals surface area contributed by atoms with Crippen LogP contribution in [0.25, 0.3) is 10.8 Å². The van der Waals surface area contributed by atoms with Gasteiger partial charge in [-0.1, -0.05) is 63.2 Å². The molecule has 0 saturated heterocycles. The summed E-state index contributed by atoms with van der Waals surface area (Å²) in [7, 11) is 0. The van der Waals surface area contributed by atoms with Crippen LogP contribution in [0.2, 0.25) is 0 Å². The second-order valence-corrected chi connectivity index (χ2v) is 6.25. The maximum atomic E-state index is 11.8. The molecule has 0 spiro atoms. The molecule has 0 bridgehead atoms. The fraction of sp³-hybridized carbons (Fsp3) is 0.389. The van der Waals surface area contributed by atoms with E-state index in [1.54, 1.807) is 0 Å². The number of amides is 1. The molecular weight excluding hydrogens is 246 g/mol. The fourth-order valence-electron chi connectivity index (χ4n) is 2.26. The van der Waals surface area contributed by atoms with E-state index in [2.05, 4.69) is 47.8 Å². The molecule has 1 N–H and O–H groups in total. The van der Waals surface area contributed by atoms with E-state index in [0.717, 1.165) is 19.4 Å². The maximum absolute atomic E-state index is 11.8.